The van der Waals surface area contributed by atoms with Crippen molar-refractivity contribution in [1.29, 1.82) is 0 Å². The van der Waals surface area contributed by atoms with Crippen LogP contribution in [-0.4, -0.2) is 4.57 Å². The maximum atomic E-state index is 13.8. The number of furan rings is 1. The Balaban J connectivity index is 1.36. The Morgan fingerprint density at radius 1 is 0.951 bits per heavy atom. The second kappa shape index (κ2) is 9.55. The molecule has 0 radical (unpaired) electrons. The molecule has 5 aromatic rings. The predicted molar refractivity (Wildman–Crippen MR) is 148 cm³/mol. The molecule has 204 valence electrons. The van der Waals surface area contributed by atoms with Crippen LogP contribution in [0.3, 0.4) is 0 Å². The Labute approximate surface area is 234 Å². The van der Waals surface area contributed by atoms with Crippen LogP contribution in [0, 0.1) is 5.82 Å². The van der Waals surface area contributed by atoms with E-state index in [1.165, 1.54) is 41.2 Å². The van der Waals surface area contributed by atoms with E-state index in [1.54, 1.807) is 34.9 Å². The first-order chi connectivity index (χ1) is 19.8. The molecule has 4 nitrogen and oxygen atoms in total. The quantitative estimate of drug-likeness (QED) is 0.225. The number of halogens is 4. The van der Waals surface area contributed by atoms with Crippen molar-refractivity contribution < 1.29 is 22.0 Å². The van der Waals surface area contributed by atoms with Crippen molar-refractivity contribution in [3.8, 4) is 11.3 Å². The fourth-order valence-corrected chi connectivity index (χ4v) is 6.51. The van der Waals surface area contributed by atoms with Gasteiger partial charge in [0.05, 0.1) is 21.8 Å². The summed E-state index contributed by atoms with van der Waals surface area (Å²) in [7, 11) is 0. The molecule has 0 saturated carbocycles. The number of rotatable bonds is 3. The number of thiazole rings is 1. The first-order valence-corrected chi connectivity index (χ1v) is 13.7. The number of hydrogen-bond donors (Lipinski definition) is 0. The maximum absolute atomic E-state index is 13.8. The molecule has 2 aliphatic rings. The second-order valence-corrected chi connectivity index (χ2v) is 11.0. The van der Waals surface area contributed by atoms with E-state index in [4.69, 9.17) is 9.41 Å². The van der Waals surface area contributed by atoms with Crippen molar-refractivity contribution >= 4 is 23.1 Å². The molecule has 1 aliphatic carbocycles. The molecular weight excluding hydrogens is 552 g/mol. The van der Waals surface area contributed by atoms with Crippen LogP contribution in [0.25, 0.3) is 23.1 Å². The van der Waals surface area contributed by atoms with Gasteiger partial charge in [-0.25, -0.2) is 9.38 Å². The van der Waals surface area contributed by atoms with E-state index in [1.807, 2.05) is 18.2 Å². The summed E-state index contributed by atoms with van der Waals surface area (Å²) >= 11 is 1.21. The average molecular weight is 573 g/mol. The molecule has 1 atom stereocenters. The maximum Gasteiger partial charge on any atom is 0.416 e. The molecule has 1 aliphatic heterocycles. The largest absolute Gasteiger partial charge is 0.457 e. The van der Waals surface area contributed by atoms with E-state index >= 15 is 0 Å². The van der Waals surface area contributed by atoms with Crippen molar-refractivity contribution in [2.45, 2.75) is 25.1 Å². The predicted octanol–water partition coefficient (Wildman–Crippen LogP) is 6.74. The Kier molecular flexibility index (Phi) is 5.93. The molecule has 0 N–H and O–H groups in total. The van der Waals surface area contributed by atoms with Crippen LogP contribution in [0.5, 0.6) is 0 Å². The van der Waals surface area contributed by atoms with E-state index in [9.17, 15) is 22.4 Å². The summed E-state index contributed by atoms with van der Waals surface area (Å²) < 4.78 is 61.3. The molecule has 0 unspecified atom stereocenters. The number of allylic oxidation sites excluding steroid dienone is 1. The summed E-state index contributed by atoms with van der Waals surface area (Å²) in [5, 5.41) is 0. The lowest BCUT2D eigenvalue weighted by atomic mass is 9.83. The van der Waals surface area contributed by atoms with Gasteiger partial charge in [0.15, 0.2) is 4.80 Å². The van der Waals surface area contributed by atoms with Gasteiger partial charge in [-0.05, 0) is 65.9 Å². The lowest BCUT2D eigenvalue weighted by Crippen LogP contribution is -2.38. The van der Waals surface area contributed by atoms with Gasteiger partial charge < -0.3 is 4.42 Å². The van der Waals surface area contributed by atoms with Crippen molar-refractivity contribution in [3.63, 3.8) is 0 Å². The fraction of sp³-hybridized carbons (Fsp3) is 0.125. The number of fused-ring (bicyclic) bond motifs is 3. The third-order valence-electron chi connectivity index (χ3n) is 7.43. The van der Waals surface area contributed by atoms with Crippen molar-refractivity contribution in [2.24, 2.45) is 4.99 Å². The SMILES string of the molecule is O=c1/c(=C\c2ccc(-c3cccc(C(F)(F)F)c3)o2)sc2n1[C@H](c1ccc(F)cc1)C1=C(N=2)c2ccccc2CC1. The summed E-state index contributed by atoms with van der Waals surface area (Å²) in [6, 6.07) is 21.9. The Morgan fingerprint density at radius 3 is 2.56 bits per heavy atom. The lowest BCUT2D eigenvalue weighted by molar-refractivity contribution is -0.137. The minimum atomic E-state index is -4.47. The van der Waals surface area contributed by atoms with Crippen LogP contribution in [-0.2, 0) is 12.6 Å². The van der Waals surface area contributed by atoms with Crippen LogP contribution in [0.4, 0.5) is 17.6 Å². The summed E-state index contributed by atoms with van der Waals surface area (Å²) in [4.78, 5) is 19.3. The van der Waals surface area contributed by atoms with Gasteiger partial charge in [0, 0.05) is 17.2 Å². The zero-order valence-electron chi connectivity index (χ0n) is 21.3. The molecule has 3 heterocycles. The number of alkyl halides is 3. The third kappa shape index (κ3) is 4.46. The number of aromatic nitrogens is 1. The molecule has 0 fully saturated rings. The molecule has 0 bridgehead atoms. The van der Waals surface area contributed by atoms with Crippen LogP contribution in [0.15, 0.2) is 105 Å². The van der Waals surface area contributed by atoms with E-state index in [0.717, 1.165) is 41.0 Å². The van der Waals surface area contributed by atoms with Gasteiger partial charge in [0.1, 0.15) is 17.3 Å². The summed E-state index contributed by atoms with van der Waals surface area (Å²) in [5.74, 6) is 0.222. The molecule has 0 spiro atoms. The van der Waals surface area contributed by atoms with Gasteiger partial charge in [-0.1, -0.05) is 59.9 Å². The van der Waals surface area contributed by atoms with E-state index < -0.39 is 17.8 Å². The molecule has 7 rings (SSSR count). The van der Waals surface area contributed by atoms with Crippen molar-refractivity contribution in [1.82, 2.24) is 4.57 Å². The highest BCUT2D eigenvalue weighted by Gasteiger charge is 2.33. The molecule has 41 heavy (non-hydrogen) atoms. The monoisotopic (exact) mass is 572 g/mol. The Hall–Kier alpha value is -4.50. The summed E-state index contributed by atoms with van der Waals surface area (Å²) in [6.07, 6.45) is -1.38. The lowest BCUT2D eigenvalue weighted by Gasteiger charge is -2.30. The van der Waals surface area contributed by atoms with Crippen LogP contribution in [0.1, 0.15) is 40.5 Å². The Bertz CT molecular complexity index is 2030. The first kappa shape index (κ1) is 25.5. The van der Waals surface area contributed by atoms with Crippen molar-refractivity contribution in [2.75, 3.05) is 0 Å². The number of benzene rings is 3. The van der Waals surface area contributed by atoms with Crippen LogP contribution < -0.4 is 14.9 Å². The molecule has 3 aromatic carbocycles. The molecule has 9 heteroatoms. The standard InChI is InChI=1S/C32H20F4N2O2S/c33-22-11-8-19(9-12-22)29-25-14-10-18-4-1-2-7-24(18)28(25)37-31-38(29)30(39)27(41-31)17-23-13-15-26(40-23)20-5-3-6-21(16-20)32(34,35)36/h1-9,11-13,15-17,29H,10,14H2/b27-17+/t29-/m1/s1. The highest BCUT2D eigenvalue weighted by atomic mass is 32.1. The van der Waals surface area contributed by atoms with Gasteiger partial charge in [-0.15, -0.1) is 0 Å². The summed E-state index contributed by atoms with van der Waals surface area (Å²) in [6.45, 7) is 0. The van der Waals surface area contributed by atoms with E-state index in [2.05, 4.69) is 6.07 Å². The minimum absolute atomic E-state index is 0.256. The van der Waals surface area contributed by atoms with Crippen LogP contribution >= 0.6 is 11.3 Å². The van der Waals surface area contributed by atoms with E-state index in [0.29, 0.717) is 21.5 Å². The normalized spacial score (nSPS) is 16.7. The first-order valence-electron chi connectivity index (χ1n) is 12.9. The minimum Gasteiger partial charge on any atom is -0.457 e. The van der Waals surface area contributed by atoms with Gasteiger partial charge in [0.2, 0.25) is 0 Å². The third-order valence-corrected chi connectivity index (χ3v) is 8.42. The topological polar surface area (TPSA) is 47.5 Å². The zero-order valence-corrected chi connectivity index (χ0v) is 22.1. The van der Waals surface area contributed by atoms with Crippen LogP contribution in [0.2, 0.25) is 0 Å². The van der Waals surface area contributed by atoms with Gasteiger partial charge in [-0.2, -0.15) is 13.2 Å². The molecule has 0 amide bonds. The van der Waals surface area contributed by atoms with Crippen molar-refractivity contribution in [3.05, 3.63) is 144 Å². The Morgan fingerprint density at radius 2 is 1.76 bits per heavy atom. The van der Waals surface area contributed by atoms with E-state index in [-0.39, 0.29) is 22.7 Å². The van der Waals surface area contributed by atoms with Gasteiger partial charge in [0.25, 0.3) is 5.56 Å². The smallest absolute Gasteiger partial charge is 0.416 e. The molecule has 0 saturated heterocycles. The number of hydrogen-bond acceptors (Lipinski definition) is 4. The zero-order chi connectivity index (χ0) is 28.3. The highest BCUT2D eigenvalue weighted by Crippen LogP contribution is 2.41. The summed E-state index contributed by atoms with van der Waals surface area (Å²) in [5.41, 5.74) is 4.06. The second-order valence-electron chi connectivity index (χ2n) is 9.95. The highest BCUT2D eigenvalue weighted by molar-refractivity contribution is 7.07. The fourth-order valence-electron chi connectivity index (χ4n) is 5.53. The van der Waals surface area contributed by atoms with Gasteiger partial charge in [-0.3, -0.25) is 9.36 Å². The van der Waals surface area contributed by atoms with Gasteiger partial charge >= 0.3 is 6.18 Å². The molecule has 2 aromatic heterocycles. The average Bonchev–Trinajstić information content (AvgIpc) is 3.56. The number of nitrogens with zero attached hydrogens (tertiary/aromatic N) is 2. The molecular formula is C32H20F4N2O2S. The number of aryl methyl sites for hydroxylation is 1.